The van der Waals surface area contributed by atoms with E-state index >= 15 is 0 Å². The van der Waals surface area contributed by atoms with Gasteiger partial charge in [0.2, 0.25) is 0 Å². The van der Waals surface area contributed by atoms with Gasteiger partial charge in [0.1, 0.15) is 18.6 Å². The number of aliphatic imine (C=N–C) groups is 1. The van der Waals surface area contributed by atoms with Gasteiger partial charge >= 0.3 is 6.16 Å². The Morgan fingerprint density at radius 1 is 1.37 bits per heavy atom. The van der Waals surface area contributed by atoms with Crippen LogP contribution in [0.15, 0.2) is 4.99 Å². The smallest absolute Gasteiger partial charge is 0.431 e. The molecule has 2 atom stereocenters. The Balaban J connectivity index is 1.77. The molecule has 0 N–H and O–H groups in total. The monoisotopic (exact) mass is 269 g/mol. The van der Waals surface area contributed by atoms with Gasteiger partial charge in [-0.15, -0.1) is 0 Å². The van der Waals surface area contributed by atoms with Crippen molar-refractivity contribution in [1.29, 1.82) is 0 Å². The third kappa shape index (κ3) is 3.59. The molecule has 0 radical (unpaired) electrons. The van der Waals surface area contributed by atoms with E-state index in [9.17, 15) is 4.79 Å². The van der Waals surface area contributed by atoms with Crippen molar-refractivity contribution in [3.05, 3.63) is 0 Å². The first-order valence-corrected chi connectivity index (χ1v) is 6.99. The van der Waals surface area contributed by atoms with Crippen molar-refractivity contribution in [2.24, 2.45) is 4.99 Å². The lowest BCUT2D eigenvalue weighted by Gasteiger charge is -2.31. The lowest BCUT2D eigenvalue weighted by molar-refractivity contribution is -0.0934. The zero-order valence-corrected chi connectivity index (χ0v) is 11.9. The molecule has 0 bridgehead atoms. The maximum absolute atomic E-state index is 11.7. The van der Waals surface area contributed by atoms with Gasteiger partial charge in [0, 0.05) is 7.05 Å². The predicted molar refractivity (Wildman–Crippen MR) is 71.5 cm³/mol. The minimum Gasteiger partial charge on any atom is -0.431 e. The molecule has 6 nitrogen and oxygen atoms in total. The molecule has 1 heterocycles. The second-order valence-electron chi connectivity index (χ2n) is 5.20. The maximum Gasteiger partial charge on any atom is 0.510 e. The summed E-state index contributed by atoms with van der Waals surface area (Å²) in [5.41, 5.74) is 0. The molecular weight excluding hydrogens is 246 g/mol. The Labute approximate surface area is 114 Å². The predicted octanol–water partition coefficient (Wildman–Crippen LogP) is 2.36. The molecule has 0 aromatic carbocycles. The molecular formula is C13H23N3O3. The summed E-state index contributed by atoms with van der Waals surface area (Å²) in [4.78, 5) is 16.0. The molecule has 19 heavy (non-hydrogen) atoms. The fraction of sp³-hybridized carbons (Fsp3) is 0.846. The van der Waals surface area contributed by atoms with E-state index in [1.54, 1.807) is 11.3 Å². The largest absolute Gasteiger partial charge is 0.510 e. The normalized spacial score (nSPS) is 26.5. The average Bonchev–Trinajstić information content (AvgIpc) is 2.71. The number of hydrogen-bond acceptors (Lipinski definition) is 6. The van der Waals surface area contributed by atoms with E-state index < -0.39 is 12.4 Å². The van der Waals surface area contributed by atoms with Gasteiger partial charge in [0.15, 0.2) is 6.23 Å². The molecule has 1 fully saturated rings. The van der Waals surface area contributed by atoms with Crippen LogP contribution in [0.25, 0.3) is 0 Å². The number of rotatable bonds is 3. The molecule has 6 heteroatoms. The maximum atomic E-state index is 11.7. The van der Waals surface area contributed by atoms with E-state index in [0.717, 1.165) is 25.7 Å². The van der Waals surface area contributed by atoms with Crippen LogP contribution in [0.1, 0.15) is 46.0 Å². The summed E-state index contributed by atoms with van der Waals surface area (Å²) >= 11 is 0. The molecule has 2 rings (SSSR count). The Morgan fingerprint density at radius 2 is 2.05 bits per heavy atom. The first-order chi connectivity index (χ1) is 9.08. The molecule has 0 amide bonds. The third-order valence-electron chi connectivity index (χ3n) is 3.76. The number of carbonyl (C=O) groups excluding carboxylic acids is 1. The lowest BCUT2D eigenvalue weighted by Crippen LogP contribution is -2.45. The summed E-state index contributed by atoms with van der Waals surface area (Å²) in [6, 6.07) is 0. The van der Waals surface area contributed by atoms with Gasteiger partial charge in [-0.3, -0.25) is 10.0 Å². The van der Waals surface area contributed by atoms with Gasteiger partial charge in [-0.2, -0.15) is 5.01 Å². The molecule has 0 aromatic rings. The molecule has 2 unspecified atom stereocenters. The molecule has 1 aliphatic heterocycles. The van der Waals surface area contributed by atoms with Crippen molar-refractivity contribution in [3.63, 3.8) is 0 Å². The van der Waals surface area contributed by atoms with Crippen LogP contribution in [0.5, 0.6) is 0 Å². The molecule has 1 saturated carbocycles. The van der Waals surface area contributed by atoms with Crippen molar-refractivity contribution < 1.29 is 14.3 Å². The van der Waals surface area contributed by atoms with Crippen LogP contribution in [0, 0.1) is 0 Å². The van der Waals surface area contributed by atoms with Crippen LogP contribution >= 0.6 is 0 Å². The number of hydrogen-bond donors (Lipinski definition) is 0. The lowest BCUT2D eigenvalue weighted by atomic mass is 9.98. The topological polar surface area (TPSA) is 54.4 Å². The van der Waals surface area contributed by atoms with E-state index in [1.165, 1.54) is 6.42 Å². The molecule has 0 saturated heterocycles. The van der Waals surface area contributed by atoms with E-state index in [4.69, 9.17) is 9.47 Å². The summed E-state index contributed by atoms with van der Waals surface area (Å²) in [6.45, 7) is 3.78. The van der Waals surface area contributed by atoms with E-state index in [0.29, 0.717) is 0 Å². The zero-order valence-electron chi connectivity index (χ0n) is 11.9. The fourth-order valence-electron chi connectivity index (χ4n) is 2.43. The van der Waals surface area contributed by atoms with E-state index in [-0.39, 0.29) is 12.3 Å². The van der Waals surface area contributed by atoms with Crippen LogP contribution < -0.4 is 0 Å². The number of ether oxygens (including phenoxy) is 2. The van der Waals surface area contributed by atoms with Crippen molar-refractivity contribution in [2.75, 3.05) is 7.05 Å². The van der Waals surface area contributed by atoms with Gasteiger partial charge < -0.3 is 9.47 Å². The number of carbonyl (C=O) groups is 1. The second kappa shape index (κ2) is 6.23. The number of hydrazine groups is 1. The zero-order chi connectivity index (χ0) is 13.8. The van der Waals surface area contributed by atoms with E-state index in [1.807, 2.05) is 25.9 Å². The van der Waals surface area contributed by atoms with Crippen LogP contribution in [-0.2, 0) is 9.47 Å². The van der Waals surface area contributed by atoms with Crippen LogP contribution in [0.4, 0.5) is 4.79 Å². The van der Waals surface area contributed by atoms with Crippen molar-refractivity contribution in [2.45, 2.75) is 64.4 Å². The highest BCUT2D eigenvalue weighted by Crippen LogP contribution is 2.21. The van der Waals surface area contributed by atoms with Gasteiger partial charge in [-0.25, -0.2) is 4.79 Å². The molecule has 1 aliphatic carbocycles. The highest BCUT2D eigenvalue weighted by molar-refractivity contribution is 5.61. The first-order valence-electron chi connectivity index (χ1n) is 6.99. The summed E-state index contributed by atoms with van der Waals surface area (Å²) in [6.07, 6.45) is 6.19. The second-order valence-corrected chi connectivity index (χ2v) is 5.20. The summed E-state index contributed by atoms with van der Waals surface area (Å²) in [5, 5.41) is 3.70. The Kier molecular flexibility index (Phi) is 4.63. The fourth-order valence-corrected chi connectivity index (χ4v) is 2.43. The quantitative estimate of drug-likeness (QED) is 0.736. The Hall–Kier alpha value is -1.30. The standard InChI is InChI=1S/C13H23N3O3/c1-10-14-9-16(15(10)3)11(2)18-13(17)19-12-7-5-4-6-8-12/h9-12H,4-8H2,1-3H3. The van der Waals surface area contributed by atoms with Crippen LogP contribution in [-0.4, -0.2) is 48.1 Å². The van der Waals surface area contributed by atoms with Crippen LogP contribution in [0.3, 0.4) is 0 Å². The SMILES string of the molecule is CC1N=CN(C(C)OC(=O)OC2CCCCC2)N1C. The summed E-state index contributed by atoms with van der Waals surface area (Å²) in [5.74, 6) is 0. The minimum atomic E-state index is -0.583. The molecule has 108 valence electrons. The van der Waals surface area contributed by atoms with Gasteiger partial charge in [-0.05, 0) is 39.5 Å². The summed E-state index contributed by atoms with van der Waals surface area (Å²) in [7, 11) is 1.91. The summed E-state index contributed by atoms with van der Waals surface area (Å²) < 4.78 is 10.6. The van der Waals surface area contributed by atoms with Crippen molar-refractivity contribution >= 4 is 12.5 Å². The Bertz CT molecular complexity index is 342. The van der Waals surface area contributed by atoms with Gasteiger partial charge in [-0.1, -0.05) is 6.42 Å². The highest BCUT2D eigenvalue weighted by Gasteiger charge is 2.28. The molecule has 2 aliphatic rings. The van der Waals surface area contributed by atoms with E-state index in [2.05, 4.69) is 4.99 Å². The minimum absolute atomic E-state index is 0.0253. The third-order valence-corrected chi connectivity index (χ3v) is 3.76. The van der Waals surface area contributed by atoms with Gasteiger partial charge in [0.05, 0.1) is 0 Å². The van der Waals surface area contributed by atoms with Crippen molar-refractivity contribution in [3.8, 4) is 0 Å². The first kappa shape index (κ1) is 14.1. The van der Waals surface area contributed by atoms with Crippen molar-refractivity contribution in [1.82, 2.24) is 10.0 Å². The Morgan fingerprint density at radius 3 is 2.63 bits per heavy atom. The van der Waals surface area contributed by atoms with Crippen LogP contribution in [0.2, 0.25) is 0 Å². The highest BCUT2D eigenvalue weighted by atomic mass is 16.7. The average molecular weight is 269 g/mol. The molecule has 0 spiro atoms. The van der Waals surface area contributed by atoms with Gasteiger partial charge in [0.25, 0.3) is 0 Å². The number of nitrogens with zero attached hydrogens (tertiary/aromatic N) is 3. The molecule has 0 aromatic heterocycles.